The van der Waals surface area contributed by atoms with Crippen molar-refractivity contribution in [3.63, 3.8) is 0 Å². The summed E-state index contributed by atoms with van der Waals surface area (Å²) in [5.41, 5.74) is 0.660. The number of morpholine rings is 1. The van der Waals surface area contributed by atoms with E-state index >= 15 is 0 Å². The van der Waals surface area contributed by atoms with Crippen LogP contribution in [0.1, 0.15) is 42.5 Å². The average Bonchev–Trinajstić information content (AvgIpc) is 3.25. The highest BCUT2D eigenvalue weighted by Gasteiger charge is 2.38. The Kier molecular flexibility index (Phi) is 4.69. The molecule has 3 fully saturated rings. The molecule has 1 amide bonds. The van der Waals surface area contributed by atoms with Crippen LogP contribution in [0.2, 0.25) is 0 Å². The SMILES string of the molecule is O=C(NC[C@H]1CC[C@@H]2CCC[C@@H]21)c1ccc(N2CCOCC2)nc1. The Bertz CT molecular complexity index is 568. The molecular formula is C19H27N3O2. The van der Waals surface area contributed by atoms with Crippen molar-refractivity contribution in [3.8, 4) is 0 Å². The van der Waals surface area contributed by atoms with E-state index in [0.29, 0.717) is 11.5 Å². The van der Waals surface area contributed by atoms with Crippen molar-refractivity contribution in [3.05, 3.63) is 23.9 Å². The Morgan fingerprint density at radius 3 is 2.88 bits per heavy atom. The molecule has 5 nitrogen and oxygen atoms in total. The first kappa shape index (κ1) is 15.9. The predicted molar refractivity (Wildman–Crippen MR) is 93.2 cm³/mol. The highest BCUT2D eigenvalue weighted by atomic mass is 16.5. The van der Waals surface area contributed by atoms with Crippen LogP contribution in [0.3, 0.4) is 0 Å². The monoisotopic (exact) mass is 329 g/mol. The maximum atomic E-state index is 12.4. The number of pyridine rings is 1. The fourth-order valence-corrected chi connectivity index (χ4v) is 4.77. The Labute approximate surface area is 143 Å². The van der Waals surface area contributed by atoms with Gasteiger partial charge in [-0.1, -0.05) is 12.8 Å². The molecule has 2 aliphatic carbocycles. The van der Waals surface area contributed by atoms with Crippen molar-refractivity contribution in [1.82, 2.24) is 10.3 Å². The molecule has 0 radical (unpaired) electrons. The van der Waals surface area contributed by atoms with E-state index in [0.717, 1.165) is 50.5 Å². The second-order valence-corrected chi connectivity index (χ2v) is 7.41. The number of carbonyl (C=O) groups is 1. The normalized spacial score (nSPS) is 29.5. The Hall–Kier alpha value is -1.62. The molecule has 0 aromatic carbocycles. The topological polar surface area (TPSA) is 54.5 Å². The van der Waals surface area contributed by atoms with Crippen LogP contribution < -0.4 is 10.2 Å². The van der Waals surface area contributed by atoms with Gasteiger partial charge in [0.1, 0.15) is 5.82 Å². The lowest BCUT2D eigenvalue weighted by Gasteiger charge is -2.27. The Morgan fingerprint density at radius 1 is 1.21 bits per heavy atom. The van der Waals surface area contributed by atoms with E-state index < -0.39 is 0 Å². The first-order chi connectivity index (χ1) is 11.8. The van der Waals surface area contributed by atoms with Gasteiger partial charge in [-0.05, 0) is 49.1 Å². The maximum absolute atomic E-state index is 12.4. The summed E-state index contributed by atoms with van der Waals surface area (Å²) >= 11 is 0. The molecule has 1 aromatic rings. The standard InChI is InChI=1S/C19H27N3O2/c23-19(21-12-15-5-4-14-2-1-3-17(14)15)16-6-7-18(20-13-16)22-8-10-24-11-9-22/h6-7,13-15,17H,1-5,8-12H2,(H,21,23)/t14-,15+,17-/m0/s1. The number of anilines is 1. The molecule has 5 heteroatoms. The van der Waals surface area contributed by atoms with E-state index in [1.165, 1.54) is 32.1 Å². The summed E-state index contributed by atoms with van der Waals surface area (Å²) in [6.45, 7) is 4.04. The van der Waals surface area contributed by atoms with Crippen LogP contribution in [0.15, 0.2) is 18.3 Å². The van der Waals surface area contributed by atoms with Gasteiger partial charge in [0.05, 0.1) is 18.8 Å². The second kappa shape index (κ2) is 7.09. The van der Waals surface area contributed by atoms with E-state index in [1.54, 1.807) is 6.20 Å². The number of rotatable bonds is 4. The van der Waals surface area contributed by atoms with Gasteiger partial charge >= 0.3 is 0 Å². The second-order valence-electron chi connectivity index (χ2n) is 7.41. The summed E-state index contributed by atoms with van der Waals surface area (Å²) in [7, 11) is 0. The molecule has 0 bridgehead atoms. The molecule has 0 spiro atoms. The van der Waals surface area contributed by atoms with Crippen LogP contribution in [-0.4, -0.2) is 43.7 Å². The highest BCUT2D eigenvalue weighted by molar-refractivity contribution is 5.94. The zero-order chi connectivity index (χ0) is 16.4. The number of hydrogen-bond acceptors (Lipinski definition) is 4. The lowest BCUT2D eigenvalue weighted by molar-refractivity contribution is 0.0942. The molecular weight excluding hydrogens is 302 g/mol. The smallest absolute Gasteiger partial charge is 0.252 e. The van der Waals surface area contributed by atoms with Crippen LogP contribution in [-0.2, 0) is 4.74 Å². The predicted octanol–water partition coefficient (Wildman–Crippen LogP) is 2.47. The summed E-state index contributed by atoms with van der Waals surface area (Å²) in [6.07, 6.45) is 8.49. The van der Waals surface area contributed by atoms with Gasteiger partial charge in [-0.15, -0.1) is 0 Å². The van der Waals surface area contributed by atoms with E-state index in [1.807, 2.05) is 12.1 Å². The number of nitrogens with one attached hydrogen (secondary N) is 1. The van der Waals surface area contributed by atoms with Gasteiger partial charge in [-0.25, -0.2) is 4.98 Å². The molecule has 3 atom stereocenters. The molecule has 1 aliphatic heterocycles. The average molecular weight is 329 g/mol. The first-order valence-electron chi connectivity index (χ1n) is 9.38. The van der Waals surface area contributed by atoms with Gasteiger partial charge in [0, 0.05) is 25.8 Å². The quantitative estimate of drug-likeness (QED) is 0.922. The number of ether oxygens (including phenoxy) is 1. The van der Waals surface area contributed by atoms with Crippen molar-refractivity contribution in [2.75, 3.05) is 37.7 Å². The summed E-state index contributed by atoms with van der Waals surface area (Å²) in [5, 5.41) is 3.14. The largest absolute Gasteiger partial charge is 0.378 e. The van der Waals surface area contributed by atoms with E-state index in [4.69, 9.17) is 4.74 Å². The van der Waals surface area contributed by atoms with Gasteiger partial charge < -0.3 is 15.0 Å². The third kappa shape index (κ3) is 3.27. The number of amides is 1. The minimum absolute atomic E-state index is 0.0116. The van der Waals surface area contributed by atoms with Crippen molar-refractivity contribution in [2.24, 2.45) is 17.8 Å². The van der Waals surface area contributed by atoms with Crippen molar-refractivity contribution < 1.29 is 9.53 Å². The van der Waals surface area contributed by atoms with Crippen LogP contribution in [0, 0.1) is 17.8 Å². The molecule has 3 aliphatic rings. The van der Waals surface area contributed by atoms with E-state index in [-0.39, 0.29) is 5.91 Å². The Balaban J connectivity index is 1.31. The van der Waals surface area contributed by atoms with Gasteiger partial charge in [-0.2, -0.15) is 0 Å². The zero-order valence-electron chi connectivity index (χ0n) is 14.2. The van der Waals surface area contributed by atoms with E-state index in [9.17, 15) is 4.79 Å². The highest BCUT2D eigenvalue weighted by Crippen LogP contribution is 2.47. The molecule has 4 rings (SSSR count). The molecule has 2 saturated carbocycles. The van der Waals surface area contributed by atoms with Crippen LogP contribution in [0.4, 0.5) is 5.82 Å². The minimum Gasteiger partial charge on any atom is -0.378 e. The summed E-state index contributed by atoms with van der Waals surface area (Å²) in [6, 6.07) is 3.84. The van der Waals surface area contributed by atoms with Crippen LogP contribution in [0.25, 0.3) is 0 Å². The van der Waals surface area contributed by atoms with Gasteiger partial charge in [0.15, 0.2) is 0 Å². The van der Waals surface area contributed by atoms with Crippen molar-refractivity contribution in [2.45, 2.75) is 32.1 Å². The van der Waals surface area contributed by atoms with Gasteiger partial charge in [0.2, 0.25) is 0 Å². The minimum atomic E-state index is 0.0116. The Morgan fingerprint density at radius 2 is 2.08 bits per heavy atom. The van der Waals surface area contributed by atoms with E-state index in [2.05, 4.69) is 15.2 Å². The first-order valence-corrected chi connectivity index (χ1v) is 9.38. The van der Waals surface area contributed by atoms with Crippen LogP contribution in [0.5, 0.6) is 0 Å². The zero-order valence-corrected chi connectivity index (χ0v) is 14.2. The molecule has 24 heavy (non-hydrogen) atoms. The molecule has 130 valence electrons. The van der Waals surface area contributed by atoms with Gasteiger partial charge in [0.25, 0.3) is 5.91 Å². The number of carbonyl (C=O) groups excluding carboxylic acids is 1. The van der Waals surface area contributed by atoms with Gasteiger partial charge in [-0.3, -0.25) is 4.79 Å². The summed E-state index contributed by atoms with van der Waals surface area (Å²) < 4.78 is 5.36. The molecule has 1 aromatic heterocycles. The third-order valence-electron chi connectivity index (χ3n) is 6.10. The third-order valence-corrected chi connectivity index (χ3v) is 6.10. The van der Waals surface area contributed by atoms with Crippen molar-refractivity contribution >= 4 is 11.7 Å². The summed E-state index contributed by atoms with van der Waals surface area (Å²) in [4.78, 5) is 19.1. The lowest BCUT2D eigenvalue weighted by Crippen LogP contribution is -2.36. The number of aromatic nitrogens is 1. The number of fused-ring (bicyclic) bond motifs is 1. The lowest BCUT2D eigenvalue weighted by atomic mass is 9.92. The molecule has 1 saturated heterocycles. The van der Waals surface area contributed by atoms with Crippen LogP contribution >= 0.6 is 0 Å². The fourth-order valence-electron chi connectivity index (χ4n) is 4.77. The number of hydrogen-bond donors (Lipinski definition) is 1. The maximum Gasteiger partial charge on any atom is 0.252 e. The number of nitrogens with zero attached hydrogens (tertiary/aromatic N) is 2. The summed E-state index contributed by atoms with van der Waals surface area (Å²) in [5.74, 6) is 3.41. The van der Waals surface area contributed by atoms with Crippen molar-refractivity contribution in [1.29, 1.82) is 0 Å². The molecule has 2 heterocycles. The molecule has 1 N–H and O–H groups in total. The fraction of sp³-hybridized carbons (Fsp3) is 0.684. The molecule has 0 unspecified atom stereocenters.